The molecule has 0 aliphatic carbocycles. The zero-order chi connectivity index (χ0) is 11.4. The molecule has 82 valence electrons. The third kappa shape index (κ3) is 2.21. The van der Waals surface area contributed by atoms with Gasteiger partial charge in [-0.2, -0.15) is 0 Å². The van der Waals surface area contributed by atoms with E-state index in [9.17, 15) is 0 Å². The Morgan fingerprint density at radius 3 is 2.25 bits per heavy atom. The van der Waals surface area contributed by atoms with Gasteiger partial charge in [-0.3, -0.25) is 9.97 Å². The highest BCUT2D eigenvalue weighted by atomic mass is 14.9. The molecule has 0 saturated carbocycles. The van der Waals surface area contributed by atoms with Crippen molar-refractivity contribution in [1.82, 2.24) is 19.9 Å². The van der Waals surface area contributed by atoms with E-state index in [1.165, 1.54) is 0 Å². The van der Waals surface area contributed by atoms with Crippen molar-refractivity contribution in [1.29, 1.82) is 0 Å². The lowest BCUT2D eigenvalue weighted by molar-refractivity contribution is 0.573. The average Bonchev–Trinajstić information content (AvgIpc) is 2.39. The molecule has 0 bridgehead atoms. The molecule has 0 spiro atoms. The number of aromatic nitrogens is 4. The Balaban J connectivity index is 2.20. The van der Waals surface area contributed by atoms with Crippen LogP contribution in [0.3, 0.4) is 0 Å². The van der Waals surface area contributed by atoms with Gasteiger partial charge in [-0.25, -0.2) is 9.97 Å². The molecule has 2 aromatic rings. The summed E-state index contributed by atoms with van der Waals surface area (Å²) in [5.41, 5.74) is 0.974. The van der Waals surface area contributed by atoms with Gasteiger partial charge in [0.15, 0.2) is 0 Å². The number of nitrogens with zero attached hydrogens (tertiary/aromatic N) is 4. The molecule has 0 N–H and O–H groups in total. The molecular weight excluding hydrogens is 200 g/mol. The van der Waals surface area contributed by atoms with Crippen molar-refractivity contribution in [3.8, 4) is 0 Å². The van der Waals surface area contributed by atoms with Gasteiger partial charge in [-0.1, -0.05) is 13.8 Å². The number of hydrogen-bond donors (Lipinski definition) is 0. The van der Waals surface area contributed by atoms with Crippen molar-refractivity contribution in [2.24, 2.45) is 0 Å². The Labute approximate surface area is 94.8 Å². The van der Waals surface area contributed by atoms with Crippen LogP contribution in [0.1, 0.15) is 37.2 Å². The highest BCUT2D eigenvalue weighted by molar-refractivity contribution is 5.10. The Bertz CT molecular complexity index is 386. The topological polar surface area (TPSA) is 51.6 Å². The highest BCUT2D eigenvalue weighted by Gasteiger charge is 2.19. The first kappa shape index (κ1) is 10.7. The Kier molecular flexibility index (Phi) is 3.19. The summed E-state index contributed by atoms with van der Waals surface area (Å²) in [7, 11) is 0. The SMILES string of the molecule is CC(c1cnccn1)C(C)c1ncccn1. The Morgan fingerprint density at radius 1 is 0.875 bits per heavy atom. The fourth-order valence-corrected chi connectivity index (χ4v) is 1.57. The van der Waals surface area contributed by atoms with E-state index in [0.717, 1.165) is 11.5 Å². The summed E-state index contributed by atoms with van der Waals surface area (Å²) in [6, 6.07) is 1.82. The van der Waals surface area contributed by atoms with Crippen LogP contribution in [0.15, 0.2) is 37.1 Å². The van der Waals surface area contributed by atoms with E-state index in [1.807, 2.05) is 6.07 Å². The second kappa shape index (κ2) is 4.79. The first-order chi connectivity index (χ1) is 7.79. The zero-order valence-corrected chi connectivity index (χ0v) is 9.41. The van der Waals surface area contributed by atoms with Crippen LogP contribution in [0.25, 0.3) is 0 Å². The maximum absolute atomic E-state index is 4.31. The van der Waals surface area contributed by atoms with E-state index in [2.05, 4.69) is 33.8 Å². The average molecular weight is 214 g/mol. The lowest BCUT2D eigenvalue weighted by atomic mass is 9.92. The van der Waals surface area contributed by atoms with E-state index in [1.54, 1.807) is 31.0 Å². The fourth-order valence-electron chi connectivity index (χ4n) is 1.57. The van der Waals surface area contributed by atoms with Crippen molar-refractivity contribution < 1.29 is 0 Å². The number of hydrogen-bond acceptors (Lipinski definition) is 4. The molecule has 2 unspecified atom stereocenters. The quantitative estimate of drug-likeness (QED) is 0.785. The van der Waals surface area contributed by atoms with Gasteiger partial charge in [-0.05, 0) is 6.07 Å². The minimum absolute atomic E-state index is 0.234. The maximum Gasteiger partial charge on any atom is 0.131 e. The van der Waals surface area contributed by atoms with E-state index in [0.29, 0.717) is 0 Å². The van der Waals surface area contributed by atoms with Gasteiger partial charge in [0.1, 0.15) is 5.82 Å². The van der Waals surface area contributed by atoms with Crippen LogP contribution in [0, 0.1) is 0 Å². The summed E-state index contributed by atoms with van der Waals surface area (Å²) >= 11 is 0. The van der Waals surface area contributed by atoms with Crippen LogP contribution in [0.4, 0.5) is 0 Å². The molecule has 0 amide bonds. The van der Waals surface area contributed by atoms with Crippen LogP contribution in [0.5, 0.6) is 0 Å². The van der Waals surface area contributed by atoms with Gasteiger partial charge in [0, 0.05) is 42.8 Å². The molecule has 0 radical (unpaired) electrons. The molecule has 2 heterocycles. The van der Waals surface area contributed by atoms with Crippen molar-refractivity contribution in [3.63, 3.8) is 0 Å². The first-order valence-corrected chi connectivity index (χ1v) is 5.32. The molecule has 0 saturated heterocycles. The van der Waals surface area contributed by atoms with E-state index < -0.39 is 0 Å². The summed E-state index contributed by atoms with van der Waals surface area (Å²) < 4.78 is 0. The van der Waals surface area contributed by atoms with Crippen LogP contribution in [-0.2, 0) is 0 Å². The number of rotatable bonds is 3. The molecule has 0 aliphatic rings. The largest absolute Gasteiger partial charge is 0.261 e. The van der Waals surface area contributed by atoms with Crippen molar-refractivity contribution in [2.45, 2.75) is 25.7 Å². The summed E-state index contributed by atoms with van der Waals surface area (Å²) in [4.78, 5) is 16.9. The third-order valence-electron chi connectivity index (χ3n) is 2.79. The van der Waals surface area contributed by atoms with E-state index in [4.69, 9.17) is 0 Å². The molecule has 16 heavy (non-hydrogen) atoms. The van der Waals surface area contributed by atoms with Gasteiger partial charge in [0.2, 0.25) is 0 Å². The summed E-state index contributed by atoms with van der Waals surface area (Å²) in [5.74, 6) is 1.34. The second-order valence-corrected chi connectivity index (χ2v) is 3.81. The normalized spacial score (nSPS) is 14.4. The molecule has 4 nitrogen and oxygen atoms in total. The van der Waals surface area contributed by atoms with Gasteiger partial charge in [-0.15, -0.1) is 0 Å². The maximum atomic E-state index is 4.31. The highest BCUT2D eigenvalue weighted by Crippen LogP contribution is 2.27. The third-order valence-corrected chi connectivity index (χ3v) is 2.79. The summed E-state index contributed by atoms with van der Waals surface area (Å²) in [6.45, 7) is 4.22. The van der Waals surface area contributed by atoms with Gasteiger partial charge < -0.3 is 0 Å². The first-order valence-electron chi connectivity index (χ1n) is 5.32. The van der Waals surface area contributed by atoms with Crippen LogP contribution in [-0.4, -0.2) is 19.9 Å². The predicted octanol–water partition coefficient (Wildman–Crippen LogP) is 2.17. The van der Waals surface area contributed by atoms with Gasteiger partial charge in [0.25, 0.3) is 0 Å². The lowest BCUT2D eigenvalue weighted by Crippen LogP contribution is -2.09. The summed E-state index contributed by atoms with van der Waals surface area (Å²) in [5, 5.41) is 0. The van der Waals surface area contributed by atoms with Crippen molar-refractivity contribution in [2.75, 3.05) is 0 Å². The van der Waals surface area contributed by atoms with E-state index >= 15 is 0 Å². The molecule has 2 rings (SSSR count). The Hall–Kier alpha value is -1.84. The second-order valence-electron chi connectivity index (χ2n) is 3.81. The van der Waals surface area contributed by atoms with Crippen LogP contribution < -0.4 is 0 Å². The van der Waals surface area contributed by atoms with Gasteiger partial charge >= 0.3 is 0 Å². The smallest absolute Gasteiger partial charge is 0.131 e. The molecule has 2 atom stereocenters. The minimum atomic E-state index is 0.234. The van der Waals surface area contributed by atoms with Gasteiger partial charge in [0.05, 0.1) is 5.69 Å². The molecule has 0 fully saturated rings. The molecular formula is C12H14N4. The lowest BCUT2D eigenvalue weighted by Gasteiger charge is -2.17. The van der Waals surface area contributed by atoms with Crippen molar-refractivity contribution in [3.05, 3.63) is 48.6 Å². The van der Waals surface area contributed by atoms with Crippen LogP contribution >= 0.6 is 0 Å². The van der Waals surface area contributed by atoms with E-state index in [-0.39, 0.29) is 11.8 Å². The zero-order valence-electron chi connectivity index (χ0n) is 9.41. The monoisotopic (exact) mass is 214 g/mol. The summed E-state index contributed by atoms with van der Waals surface area (Å²) in [6.07, 6.45) is 8.72. The molecule has 0 aromatic carbocycles. The molecule has 0 aliphatic heterocycles. The molecule has 2 aromatic heterocycles. The minimum Gasteiger partial charge on any atom is -0.261 e. The fraction of sp³-hybridized carbons (Fsp3) is 0.333. The van der Waals surface area contributed by atoms with Crippen molar-refractivity contribution >= 4 is 0 Å². The molecule has 4 heteroatoms. The van der Waals surface area contributed by atoms with Crippen LogP contribution in [0.2, 0.25) is 0 Å². The standard InChI is InChI=1S/C12H14N4/c1-9(11-8-13-6-7-14-11)10(2)12-15-4-3-5-16-12/h3-10H,1-2H3. The predicted molar refractivity (Wildman–Crippen MR) is 60.9 cm³/mol. The Morgan fingerprint density at radius 2 is 1.62 bits per heavy atom.